The normalized spacial score (nSPS) is 26.0. The number of hydrogen-bond donors (Lipinski definition) is 2. The topological polar surface area (TPSA) is 45.4 Å². The molecule has 1 aromatic heterocycles. The molecule has 0 aliphatic heterocycles. The van der Waals surface area contributed by atoms with Crippen LogP contribution >= 0.6 is 15.9 Å². The second-order valence-corrected chi connectivity index (χ2v) is 4.85. The average Bonchev–Trinajstić information content (AvgIpc) is 2.83. The first-order valence-corrected chi connectivity index (χ1v) is 6.17. The van der Waals surface area contributed by atoms with Crippen molar-refractivity contribution in [3.8, 4) is 0 Å². The molecule has 0 amide bonds. The van der Waals surface area contributed by atoms with Gasteiger partial charge in [0.15, 0.2) is 4.67 Å². The Morgan fingerprint density at radius 2 is 2.33 bits per heavy atom. The van der Waals surface area contributed by atoms with Crippen molar-refractivity contribution in [2.45, 2.75) is 31.8 Å². The lowest BCUT2D eigenvalue weighted by Crippen LogP contribution is -2.33. The summed E-state index contributed by atoms with van der Waals surface area (Å²) in [5.74, 6) is 1.36. The van der Waals surface area contributed by atoms with Crippen LogP contribution in [0.15, 0.2) is 21.2 Å². The molecule has 0 aromatic carbocycles. The van der Waals surface area contributed by atoms with Crippen LogP contribution in [0.2, 0.25) is 0 Å². The summed E-state index contributed by atoms with van der Waals surface area (Å²) in [4.78, 5) is 0. The number of hydrogen-bond acceptors (Lipinski definition) is 3. The van der Waals surface area contributed by atoms with Gasteiger partial charge in [-0.3, -0.25) is 0 Å². The lowest BCUT2D eigenvalue weighted by Gasteiger charge is -2.18. The quantitative estimate of drug-likeness (QED) is 0.885. The van der Waals surface area contributed by atoms with Gasteiger partial charge in [0, 0.05) is 12.6 Å². The molecule has 1 saturated carbocycles. The van der Waals surface area contributed by atoms with Gasteiger partial charge in [-0.05, 0) is 46.8 Å². The van der Waals surface area contributed by atoms with E-state index in [0.29, 0.717) is 18.6 Å². The molecule has 0 saturated heterocycles. The Balaban J connectivity index is 1.82. The van der Waals surface area contributed by atoms with Crippen molar-refractivity contribution in [1.82, 2.24) is 5.32 Å². The van der Waals surface area contributed by atoms with Gasteiger partial charge in [-0.2, -0.15) is 0 Å². The van der Waals surface area contributed by atoms with Gasteiger partial charge in [-0.25, -0.2) is 0 Å². The number of furan rings is 1. The summed E-state index contributed by atoms with van der Waals surface area (Å²) in [6, 6.07) is 4.30. The maximum atomic E-state index is 9.17. The van der Waals surface area contributed by atoms with Gasteiger partial charge in [0.2, 0.25) is 0 Å². The Hall–Kier alpha value is -0.320. The molecule has 2 rings (SSSR count). The summed E-state index contributed by atoms with van der Waals surface area (Å²) < 4.78 is 6.17. The summed E-state index contributed by atoms with van der Waals surface area (Å²) in [6.07, 6.45) is 3.51. The second kappa shape index (κ2) is 5.14. The number of aliphatic hydroxyl groups excluding tert-OH is 1. The average molecular weight is 274 g/mol. The molecule has 4 heteroatoms. The largest absolute Gasteiger partial charge is 0.453 e. The molecule has 1 aliphatic carbocycles. The smallest absolute Gasteiger partial charge is 0.169 e. The first kappa shape index (κ1) is 11.2. The summed E-state index contributed by atoms with van der Waals surface area (Å²) in [5, 5.41) is 12.6. The number of halogens is 1. The third kappa shape index (κ3) is 2.83. The van der Waals surface area contributed by atoms with E-state index in [-0.39, 0.29) is 0 Å². The van der Waals surface area contributed by atoms with Gasteiger partial charge >= 0.3 is 0 Å². The molecule has 2 unspecified atom stereocenters. The van der Waals surface area contributed by atoms with Crippen LogP contribution in [0.3, 0.4) is 0 Å². The maximum absolute atomic E-state index is 9.17. The third-order valence-electron chi connectivity index (χ3n) is 3.06. The van der Waals surface area contributed by atoms with Crippen LogP contribution in [-0.2, 0) is 6.54 Å². The highest BCUT2D eigenvalue weighted by molar-refractivity contribution is 9.10. The molecule has 1 heterocycles. The van der Waals surface area contributed by atoms with Crippen LogP contribution in [-0.4, -0.2) is 17.8 Å². The molecular weight excluding hydrogens is 258 g/mol. The van der Waals surface area contributed by atoms with E-state index in [2.05, 4.69) is 21.2 Å². The standard InChI is InChI=1S/C11H16BrNO2/c12-11-5-4-9(15-11)6-13-10-3-1-2-8(10)7-14/h4-5,8,10,13-14H,1-3,6-7H2. The molecule has 2 N–H and O–H groups in total. The van der Waals surface area contributed by atoms with Crippen molar-refractivity contribution in [2.24, 2.45) is 5.92 Å². The van der Waals surface area contributed by atoms with Gasteiger partial charge < -0.3 is 14.8 Å². The molecule has 84 valence electrons. The number of nitrogens with one attached hydrogen (secondary N) is 1. The molecule has 1 aromatic rings. The zero-order valence-electron chi connectivity index (χ0n) is 8.58. The first-order chi connectivity index (χ1) is 7.29. The first-order valence-electron chi connectivity index (χ1n) is 5.38. The summed E-state index contributed by atoms with van der Waals surface area (Å²) in [5.41, 5.74) is 0. The highest BCUT2D eigenvalue weighted by Crippen LogP contribution is 2.25. The Labute approximate surface area is 98.0 Å². The second-order valence-electron chi connectivity index (χ2n) is 4.07. The molecule has 0 radical (unpaired) electrons. The van der Waals surface area contributed by atoms with E-state index in [9.17, 15) is 0 Å². The molecule has 15 heavy (non-hydrogen) atoms. The fourth-order valence-corrected chi connectivity index (χ4v) is 2.54. The maximum Gasteiger partial charge on any atom is 0.169 e. The van der Waals surface area contributed by atoms with E-state index in [1.807, 2.05) is 12.1 Å². The van der Waals surface area contributed by atoms with Crippen LogP contribution in [0.1, 0.15) is 25.0 Å². The molecule has 2 atom stereocenters. The van der Waals surface area contributed by atoms with Gasteiger partial charge in [-0.1, -0.05) is 6.42 Å². The van der Waals surface area contributed by atoms with Gasteiger partial charge in [0.05, 0.1) is 6.54 Å². The lowest BCUT2D eigenvalue weighted by molar-refractivity contribution is 0.203. The monoisotopic (exact) mass is 273 g/mol. The zero-order chi connectivity index (χ0) is 10.7. The summed E-state index contributed by atoms with van der Waals surface area (Å²) in [6.45, 7) is 1.03. The highest BCUT2D eigenvalue weighted by atomic mass is 79.9. The fourth-order valence-electron chi connectivity index (χ4n) is 2.20. The lowest BCUT2D eigenvalue weighted by atomic mass is 10.1. The van der Waals surface area contributed by atoms with Gasteiger partial charge in [0.25, 0.3) is 0 Å². The van der Waals surface area contributed by atoms with E-state index in [0.717, 1.165) is 29.8 Å². The van der Waals surface area contributed by atoms with E-state index in [4.69, 9.17) is 9.52 Å². The Morgan fingerprint density at radius 1 is 1.47 bits per heavy atom. The summed E-state index contributed by atoms with van der Waals surface area (Å²) in [7, 11) is 0. The predicted molar refractivity (Wildman–Crippen MR) is 61.5 cm³/mol. The molecule has 1 aliphatic rings. The van der Waals surface area contributed by atoms with E-state index in [1.54, 1.807) is 0 Å². The van der Waals surface area contributed by atoms with Crippen LogP contribution in [0.25, 0.3) is 0 Å². The Bertz CT molecular complexity index is 313. The number of aliphatic hydroxyl groups is 1. The van der Waals surface area contributed by atoms with Gasteiger partial charge in [-0.15, -0.1) is 0 Å². The minimum Gasteiger partial charge on any atom is -0.453 e. The predicted octanol–water partition coefficient (Wildman–Crippen LogP) is 2.29. The molecule has 1 fully saturated rings. The number of rotatable bonds is 4. The van der Waals surface area contributed by atoms with Crippen LogP contribution in [0.4, 0.5) is 0 Å². The van der Waals surface area contributed by atoms with Crippen LogP contribution < -0.4 is 5.32 Å². The SMILES string of the molecule is OCC1CCCC1NCc1ccc(Br)o1. The minimum atomic E-state index is 0.291. The van der Waals surface area contributed by atoms with Crippen molar-refractivity contribution >= 4 is 15.9 Å². The van der Waals surface area contributed by atoms with Crippen LogP contribution in [0.5, 0.6) is 0 Å². The fraction of sp³-hybridized carbons (Fsp3) is 0.636. The Morgan fingerprint density at radius 3 is 3.00 bits per heavy atom. The zero-order valence-corrected chi connectivity index (χ0v) is 10.2. The van der Waals surface area contributed by atoms with Crippen molar-refractivity contribution in [1.29, 1.82) is 0 Å². The Kier molecular flexibility index (Phi) is 3.83. The van der Waals surface area contributed by atoms with Crippen molar-refractivity contribution < 1.29 is 9.52 Å². The van der Waals surface area contributed by atoms with E-state index < -0.39 is 0 Å². The van der Waals surface area contributed by atoms with Gasteiger partial charge in [0.1, 0.15) is 5.76 Å². The highest BCUT2D eigenvalue weighted by Gasteiger charge is 2.25. The van der Waals surface area contributed by atoms with Crippen LogP contribution in [0, 0.1) is 5.92 Å². The molecule has 3 nitrogen and oxygen atoms in total. The van der Waals surface area contributed by atoms with Crippen molar-refractivity contribution in [3.05, 3.63) is 22.6 Å². The summed E-state index contributed by atoms with van der Waals surface area (Å²) >= 11 is 3.28. The van der Waals surface area contributed by atoms with E-state index >= 15 is 0 Å². The van der Waals surface area contributed by atoms with E-state index in [1.165, 1.54) is 6.42 Å². The van der Waals surface area contributed by atoms with Crippen molar-refractivity contribution in [3.63, 3.8) is 0 Å². The molecule has 0 bridgehead atoms. The molecular formula is C11H16BrNO2. The van der Waals surface area contributed by atoms with Crippen molar-refractivity contribution in [2.75, 3.05) is 6.61 Å². The molecule has 0 spiro atoms. The minimum absolute atomic E-state index is 0.291. The third-order valence-corrected chi connectivity index (χ3v) is 3.49.